The Morgan fingerprint density at radius 1 is 1.00 bits per heavy atom. The molecule has 4 unspecified atom stereocenters. The highest BCUT2D eigenvalue weighted by Crippen LogP contribution is 2.46. The van der Waals surface area contributed by atoms with Gasteiger partial charge in [-0.15, -0.1) is 0 Å². The summed E-state index contributed by atoms with van der Waals surface area (Å²) >= 11 is 0. The lowest BCUT2D eigenvalue weighted by Crippen LogP contribution is -2.45. The van der Waals surface area contributed by atoms with Crippen molar-refractivity contribution in [2.24, 2.45) is 0 Å². The maximum Gasteiger partial charge on any atom is 0.182 e. The van der Waals surface area contributed by atoms with Gasteiger partial charge in [-0.3, -0.25) is 0 Å². The minimum absolute atomic E-state index is 0.308. The standard InChI is InChI=1S/C19H21N3/c1-3-14-8-10-16-18-6-4-5-17-15-9-7-13(2)11-20(15)19(22(17)18)21(16)12-14/h4-12,15-17,19H,3H2,1-2H3. The first-order chi connectivity index (χ1) is 10.8. The number of fused-ring (bicyclic) bond motifs is 6. The van der Waals surface area contributed by atoms with Crippen molar-refractivity contribution < 1.29 is 0 Å². The van der Waals surface area contributed by atoms with Gasteiger partial charge in [0.25, 0.3) is 0 Å². The van der Waals surface area contributed by atoms with Gasteiger partial charge in [0.2, 0.25) is 0 Å². The van der Waals surface area contributed by atoms with Crippen LogP contribution in [-0.4, -0.2) is 39.1 Å². The first-order valence-electron chi connectivity index (χ1n) is 8.25. The summed E-state index contributed by atoms with van der Waals surface area (Å²) in [4.78, 5) is 7.67. The molecule has 0 bridgehead atoms. The van der Waals surface area contributed by atoms with E-state index in [2.05, 4.69) is 83.5 Å². The van der Waals surface area contributed by atoms with Crippen molar-refractivity contribution in [3.8, 4) is 0 Å². The third-order valence-electron chi connectivity index (χ3n) is 5.42. The summed E-state index contributed by atoms with van der Waals surface area (Å²) < 4.78 is 0. The van der Waals surface area contributed by atoms with E-state index in [0.29, 0.717) is 24.4 Å². The normalized spacial score (nSPS) is 36.8. The van der Waals surface area contributed by atoms with Crippen LogP contribution in [0.1, 0.15) is 20.3 Å². The quantitative estimate of drug-likeness (QED) is 0.735. The lowest BCUT2D eigenvalue weighted by molar-refractivity contribution is 0.101. The van der Waals surface area contributed by atoms with E-state index in [0.717, 1.165) is 6.42 Å². The van der Waals surface area contributed by atoms with Gasteiger partial charge >= 0.3 is 0 Å². The molecule has 0 spiro atoms. The van der Waals surface area contributed by atoms with Gasteiger partial charge in [-0.25, -0.2) is 0 Å². The first-order valence-corrected chi connectivity index (χ1v) is 8.25. The number of rotatable bonds is 1. The monoisotopic (exact) mass is 291 g/mol. The molecule has 0 aliphatic carbocycles. The van der Waals surface area contributed by atoms with E-state index in [1.165, 1.54) is 16.8 Å². The Morgan fingerprint density at radius 2 is 1.91 bits per heavy atom. The van der Waals surface area contributed by atoms with Crippen molar-refractivity contribution in [3.63, 3.8) is 0 Å². The molecule has 3 nitrogen and oxygen atoms in total. The number of allylic oxidation sites excluding steroid dienone is 6. The Hall–Kier alpha value is -2.16. The summed E-state index contributed by atoms with van der Waals surface area (Å²) in [5.41, 5.74) is 4.19. The fraction of sp³-hybridized carbons (Fsp3) is 0.368. The second-order valence-electron chi connectivity index (χ2n) is 6.70. The molecule has 0 aromatic rings. The summed E-state index contributed by atoms with van der Waals surface area (Å²) in [6.45, 7) is 4.42. The Bertz CT molecular complexity index is 706. The Morgan fingerprint density at radius 3 is 2.77 bits per heavy atom. The molecule has 0 amide bonds. The largest absolute Gasteiger partial charge is 0.332 e. The molecule has 112 valence electrons. The minimum atomic E-state index is 0.308. The third-order valence-corrected chi connectivity index (χ3v) is 5.42. The summed E-state index contributed by atoms with van der Waals surface area (Å²) in [6, 6.07) is 1.27. The molecular formula is C19H21N3. The SMILES string of the molecule is CCC1=CN2C(C=C1)C1=CC=CC3C4C=CC(C)=CN4C2N13. The van der Waals surface area contributed by atoms with E-state index in [1.54, 1.807) is 0 Å². The molecule has 3 heteroatoms. The van der Waals surface area contributed by atoms with Crippen LogP contribution in [0, 0.1) is 0 Å². The van der Waals surface area contributed by atoms with E-state index in [1.807, 2.05) is 0 Å². The van der Waals surface area contributed by atoms with Crippen LogP contribution in [0.15, 0.2) is 71.8 Å². The Balaban J connectivity index is 1.65. The second-order valence-corrected chi connectivity index (χ2v) is 6.70. The van der Waals surface area contributed by atoms with Gasteiger partial charge < -0.3 is 14.7 Å². The van der Waals surface area contributed by atoms with Gasteiger partial charge in [-0.2, -0.15) is 0 Å². The van der Waals surface area contributed by atoms with Crippen molar-refractivity contribution in [2.75, 3.05) is 0 Å². The molecule has 0 radical (unpaired) electrons. The molecule has 0 aromatic heterocycles. The molecule has 22 heavy (non-hydrogen) atoms. The smallest absolute Gasteiger partial charge is 0.182 e. The second kappa shape index (κ2) is 4.19. The molecular weight excluding hydrogens is 270 g/mol. The van der Waals surface area contributed by atoms with Crippen LogP contribution in [0.2, 0.25) is 0 Å². The van der Waals surface area contributed by atoms with Crippen LogP contribution in [0.25, 0.3) is 0 Å². The van der Waals surface area contributed by atoms with E-state index in [-0.39, 0.29) is 0 Å². The summed E-state index contributed by atoms with van der Waals surface area (Å²) in [6.07, 6.45) is 22.3. The van der Waals surface area contributed by atoms with Crippen LogP contribution < -0.4 is 0 Å². The average molecular weight is 291 g/mol. The van der Waals surface area contributed by atoms with E-state index in [9.17, 15) is 0 Å². The number of hydrogen-bond donors (Lipinski definition) is 0. The summed E-state index contributed by atoms with van der Waals surface area (Å²) in [5, 5.41) is 0. The molecule has 5 aliphatic rings. The highest BCUT2D eigenvalue weighted by Gasteiger charge is 2.55. The van der Waals surface area contributed by atoms with E-state index >= 15 is 0 Å². The number of nitrogens with zero attached hydrogens (tertiary/aromatic N) is 3. The Labute approximate surface area is 131 Å². The molecule has 5 rings (SSSR count). The zero-order valence-corrected chi connectivity index (χ0v) is 13.1. The van der Waals surface area contributed by atoms with Crippen LogP contribution in [0.5, 0.6) is 0 Å². The highest BCUT2D eigenvalue weighted by atomic mass is 15.6. The van der Waals surface area contributed by atoms with E-state index in [4.69, 9.17) is 0 Å². The molecule has 2 saturated heterocycles. The minimum Gasteiger partial charge on any atom is -0.332 e. The fourth-order valence-electron chi connectivity index (χ4n) is 4.40. The van der Waals surface area contributed by atoms with Crippen LogP contribution >= 0.6 is 0 Å². The zero-order valence-electron chi connectivity index (χ0n) is 13.1. The van der Waals surface area contributed by atoms with Gasteiger partial charge in [0.15, 0.2) is 6.29 Å². The predicted molar refractivity (Wildman–Crippen MR) is 88.3 cm³/mol. The number of hydrogen-bond acceptors (Lipinski definition) is 3. The topological polar surface area (TPSA) is 9.72 Å². The van der Waals surface area contributed by atoms with Crippen LogP contribution in [0.3, 0.4) is 0 Å². The van der Waals surface area contributed by atoms with Gasteiger partial charge in [0.1, 0.15) is 0 Å². The average Bonchev–Trinajstić information content (AvgIpc) is 3.05. The lowest BCUT2D eigenvalue weighted by Gasteiger charge is -2.36. The van der Waals surface area contributed by atoms with Crippen molar-refractivity contribution in [3.05, 3.63) is 71.8 Å². The molecule has 2 fully saturated rings. The first kappa shape index (κ1) is 12.4. The predicted octanol–water partition coefficient (Wildman–Crippen LogP) is 3.10. The van der Waals surface area contributed by atoms with Crippen LogP contribution in [-0.2, 0) is 0 Å². The van der Waals surface area contributed by atoms with E-state index < -0.39 is 0 Å². The molecule has 0 aromatic carbocycles. The maximum absolute atomic E-state index is 2.61. The lowest BCUT2D eigenvalue weighted by atomic mass is 9.98. The van der Waals surface area contributed by atoms with Gasteiger partial charge in [-0.1, -0.05) is 43.4 Å². The summed E-state index contributed by atoms with van der Waals surface area (Å²) in [5.74, 6) is 0. The summed E-state index contributed by atoms with van der Waals surface area (Å²) in [7, 11) is 0. The van der Waals surface area contributed by atoms with Gasteiger partial charge in [0.05, 0.1) is 18.1 Å². The van der Waals surface area contributed by atoms with Gasteiger partial charge in [0, 0.05) is 18.1 Å². The third kappa shape index (κ3) is 1.41. The molecule has 4 atom stereocenters. The van der Waals surface area contributed by atoms with Gasteiger partial charge in [-0.05, 0) is 30.6 Å². The molecule has 0 N–H and O–H groups in total. The Kier molecular flexibility index (Phi) is 2.36. The van der Waals surface area contributed by atoms with Crippen molar-refractivity contribution in [1.82, 2.24) is 14.7 Å². The van der Waals surface area contributed by atoms with Crippen LogP contribution in [0.4, 0.5) is 0 Å². The highest BCUT2D eigenvalue weighted by molar-refractivity contribution is 5.43. The fourth-order valence-corrected chi connectivity index (χ4v) is 4.40. The molecule has 5 heterocycles. The maximum atomic E-state index is 2.61. The zero-order chi connectivity index (χ0) is 14.8. The van der Waals surface area contributed by atoms with Crippen molar-refractivity contribution >= 4 is 0 Å². The van der Waals surface area contributed by atoms with Crippen molar-refractivity contribution in [1.29, 1.82) is 0 Å². The van der Waals surface area contributed by atoms with Crippen molar-refractivity contribution in [2.45, 2.75) is 44.7 Å². The molecule has 5 aliphatic heterocycles. The molecule has 0 saturated carbocycles.